The molecule has 32 heavy (non-hydrogen) atoms. The second-order valence-corrected chi connectivity index (χ2v) is 8.62. The van der Waals surface area contributed by atoms with E-state index in [-0.39, 0.29) is 28.5 Å². The molecule has 4 aromatic rings. The maximum Gasteiger partial charge on any atom is 0.248 e. The summed E-state index contributed by atoms with van der Waals surface area (Å²) in [4.78, 5) is 45.8. The van der Waals surface area contributed by atoms with Crippen LogP contribution in [0.4, 0.5) is 5.69 Å². The highest BCUT2D eigenvalue weighted by atomic mass is 32.2. The van der Waals surface area contributed by atoms with E-state index in [1.54, 1.807) is 0 Å². The number of carbonyl (C=O) groups is 3. The van der Waals surface area contributed by atoms with Crippen molar-refractivity contribution in [1.29, 1.82) is 0 Å². The Labute approximate surface area is 191 Å². The van der Waals surface area contributed by atoms with E-state index in [1.807, 2.05) is 41.8 Å². The Hall–Kier alpha value is -3.76. The summed E-state index contributed by atoms with van der Waals surface area (Å²) >= 11 is 2.81. The van der Waals surface area contributed by atoms with Crippen LogP contribution in [0.5, 0.6) is 0 Å². The number of rotatable bonds is 7. The second-order valence-electron chi connectivity index (χ2n) is 6.71. The predicted molar refractivity (Wildman–Crippen MR) is 126 cm³/mol. The fourth-order valence-electron chi connectivity index (χ4n) is 2.99. The molecule has 2 aromatic heterocycles. The lowest BCUT2D eigenvalue weighted by Gasteiger charge is -2.10. The summed E-state index contributed by atoms with van der Waals surface area (Å²) < 4.78 is 0. The predicted octanol–water partition coefficient (Wildman–Crippen LogP) is 3.29. The SMILES string of the molecule is NC(=O)c1cc(NC(=O)CSc2nc(-c3cccs3)nc3ccccc23)cc(C(N)=O)c1. The molecule has 0 unspecified atom stereocenters. The molecule has 8 nitrogen and oxygen atoms in total. The van der Waals surface area contributed by atoms with Crippen LogP contribution in [0.3, 0.4) is 0 Å². The molecule has 0 atom stereocenters. The van der Waals surface area contributed by atoms with Crippen LogP contribution in [-0.4, -0.2) is 33.4 Å². The van der Waals surface area contributed by atoms with Crippen LogP contribution in [0.15, 0.2) is 65.0 Å². The van der Waals surface area contributed by atoms with Gasteiger partial charge in [0.15, 0.2) is 5.82 Å². The monoisotopic (exact) mass is 463 g/mol. The van der Waals surface area contributed by atoms with E-state index < -0.39 is 11.8 Å². The number of para-hydroxylation sites is 1. The fourth-order valence-corrected chi connectivity index (χ4v) is 4.47. The molecule has 0 fully saturated rings. The molecule has 10 heteroatoms. The van der Waals surface area contributed by atoms with E-state index in [1.165, 1.54) is 41.3 Å². The van der Waals surface area contributed by atoms with Crippen molar-refractivity contribution in [2.45, 2.75) is 5.03 Å². The first kappa shape index (κ1) is 21.5. The fraction of sp³-hybridized carbons (Fsp3) is 0.0455. The van der Waals surface area contributed by atoms with Crippen molar-refractivity contribution in [2.24, 2.45) is 11.5 Å². The molecular weight excluding hydrogens is 446 g/mol. The molecule has 0 aliphatic heterocycles. The van der Waals surface area contributed by atoms with Gasteiger partial charge < -0.3 is 16.8 Å². The quantitative estimate of drug-likeness (QED) is 0.284. The van der Waals surface area contributed by atoms with Gasteiger partial charge in [-0.2, -0.15) is 0 Å². The first-order valence-corrected chi connectivity index (χ1v) is 11.3. The van der Waals surface area contributed by atoms with Crippen molar-refractivity contribution >= 4 is 57.4 Å². The molecule has 160 valence electrons. The van der Waals surface area contributed by atoms with E-state index in [4.69, 9.17) is 11.5 Å². The highest BCUT2D eigenvalue weighted by Gasteiger charge is 2.14. The van der Waals surface area contributed by atoms with Gasteiger partial charge in [0.2, 0.25) is 17.7 Å². The molecule has 3 amide bonds. The molecule has 0 aliphatic carbocycles. The van der Waals surface area contributed by atoms with Gasteiger partial charge in [0.1, 0.15) is 5.03 Å². The first-order valence-electron chi connectivity index (χ1n) is 9.39. The topological polar surface area (TPSA) is 141 Å². The normalized spacial score (nSPS) is 10.8. The number of aromatic nitrogens is 2. The second kappa shape index (κ2) is 9.16. The van der Waals surface area contributed by atoms with Gasteiger partial charge in [-0.25, -0.2) is 9.97 Å². The Balaban J connectivity index is 1.56. The lowest BCUT2D eigenvalue weighted by atomic mass is 10.1. The zero-order valence-corrected chi connectivity index (χ0v) is 18.2. The molecule has 4 rings (SSSR count). The molecule has 5 N–H and O–H groups in total. The standard InChI is InChI=1S/C22H17N5O3S2/c23-19(29)12-8-13(20(24)30)10-14(9-12)25-18(28)11-32-22-15-4-1-2-5-16(15)26-21(27-22)17-6-3-7-31-17/h1-10H,11H2,(H2,23,29)(H2,24,30)(H,25,28). The Kier molecular flexibility index (Phi) is 6.15. The molecule has 0 radical (unpaired) electrons. The number of hydrogen-bond acceptors (Lipinski definition) is 7. The number of amides is 3. The van der Waals surface area contributed by atoms with Gasteiger partial charge in [-0.05, 0) is 35.7 Å². The van der Waals surface area contributed by atoms with E-state index in [2.05, 4.69) is 15.3 Å². The van der Waals surface area contributed by atoms with Crippen molar-refractivity contribution in [3.8, 4) is 10.7 Å². The van der Waals surface area contributed by atoms with Crippen molar-refractivity contribution in [2.75, 3.05) is 11.1 Å². The zero-order chi connectivity index (χ0) is 22.7. The van der Waals surface area contributed by atoms with Crippen LogP contribution in [0.25, 0.3) is 21.6 Å². The van der Waals surface area contributed by atoms with Crippen LogP contribution in [-0.2, 0) is 4.79 Å². The number of primary amides is 2. The summed E-state index contributed by atoms with van der Waals surface area (Å²) in [6, 6.07) is 15.5. The summed E-state index contributed by atoms with van der Waals surface area (Å²) in [6.45, 7) is 0. The van der Waals surface area contributed by atoms with Crippen LogP contribution in [0.2, 0.25) is 0 Å². The third-order valence-electron chi connectivity index (χ3n) is 4.44. The summed E-state index contributed by atoms with van der Waals surface area (Å²) in [5, 5.41) is 6.15. The van der Waals surface area contributed by atoms with Gasteiger partial charge in [0.25, 0.3) is 0 Å². The summed E-state index contributed by atoms with van der Waals surface area (Å²) in [5.74, 6) is -1.15. The van der Waals surface area contributed by atoms with Gasteiger partial charge in [0.05, 0.1) is 16.1 Å². The number of carbonyl (C=O) groups excluding carboxylic acids is 3. The molecule has 0 saturated heterocycles. The average Bonchev–Trinajstić information content (AvgIpc) is 3.32. The minimum Gasteiger partial charge on any atom is -0.366 e. The minimum atomic E-state index is -0.730. The highest BCUT2D eigenvalue weighted by Crippen LogP contribution is 2.30. The molecule has 0 saturated carbocycles. The molecule has 0 spiro atoms. The van der Waals surface area contributed by atoms with Crippen LogP contribution < -0.4 is 16.8 Å². The molecule has 2 heterocycles. The Morgan fingerprint density at radius 1 is 0.938 bits per heavy atom. The van der Waals surface area contributed by atoms with Crippen molar-refractivity contribution in [3.63, 3.8) is 0 Å². The largest absolute Gasteiger partial charge is 0.366 e. The summed E-state index contributed by atoms with van der Waals surface area (Å²) in [7, 11) is 0. The van der Waals surface area contributed by atoms with Gasteiger partial charge in [-0.1, -0.05) is 36.0 Å². The third kappa shape index (κ3) is 4.76. The van der Waals surface area contributed by atoms with Crippen LogP contribution in [0, 0.1) is 0 Å². The maximum absolute atomic E-state index is 12.6. The Morgan fingerprint density at radius 3 is 2.31 bits per heavy atom. The molecule has 2 aromatic carbocycles. The van der Waals surface area contributed by atoms with Gasteiger partial charge in [0, 0.05) is 22.2 Å². The number of nitrogens with two attached hydrogens (primary N) is 2. The highest BCUT2D eigenvalue weighted by molar-refractivity contribution is 8.00. The van der Waals surface area contributed by atoms with Crippen LogP contribution in [0.1, 0.15) is 20.7 Å². The van der Waals surface area contributed by atoms with Crippen molar-refractivity contribution in [3.05, 3.63) is 71.1 Å². The minimum absolute atomic E-state index is 0.0532. The number of thioether (sulfide) groups is 1. The molecule has 0 aliphatic rings. The van der Waals surface area contributed by atoms with Crippen LogP contribution >= 0.6 is 23.1 Å². The lowest BCUT2D eigenvalue weighted by Crippen LogP contribution is -2.19. The number of anilines is 1. The zero-order valence-electron chi connectivity index (χ0n) is 16.6. The van der Waals surface area contributed by atoms with Crippen molar-refractivity contribution < 1.29 is 14.4 Å². The number of fused-ring (bicyclic) bond motifs is 1. The number of nitrogens with one attached hydrogen (secondary N) is 1. The van der Waals surface area contributed by atoms with E-state index >= 15 is 0 Å². The smallest absolute Gasteiger partial charge is 0.248 e. The van der Waals surface area contributed by atoms with E-state index in [9.17, 15) is 14.4 Å². The Bertz CT molecular complexity index is 1310. The number of thiophene rings is 1. The summed E-state index contributed by atoms with van der Waals surface area (Å²) in [6.07, 6.45) is 0. The Morgan fingerprint density at radius 2 is 1.66 bits per heavy atom. The van der Waals surface area contributed by atoms with Gasteiger partial charge in [-0.3, -0.25) is 14.4 Å². The van der Waals surface area contributed by atoms with Crippen molar-refractivity contribution in [1.82, 2.24) is 9.97 Å². The van der Waals surface area contributed by atoms with Gasteiger partial charge >= 0.3 is 0 Å². The molecule has 0 bridgehead atoms. The third-order valence-corrected chi connectivity index (χ3v) is 6.29. The number of hydrogen-bond donors (Lipinski definition) is 3. The molecular formula is C22H17N5O3S2. The lowest BCUT2D eigenvalue weighted by molar-refractivity contribution is -0.113. The number of nitrogens with zero attached hydrogens (tertiary/aromatic N) is 2. The summed E-state index contributed by atoms with van der Waals surface area (Å²) in [5.41, 5.74) is 11.8. The maximum atomic E-state index is 12.6. The first-order chi connectivity index (χ1) is 15.4. The van der Waals surface area contributed by atoms with Gasteiger partial charge in [-0.15, -0.1) is 11.3 Å². The average molecular weight is 464 g/mol. The van der Waals surface area contributed by atoms with E-state index in [0.717, 1.165) is 15.8 Å². The van der Waals surface area contributed by atoms with E-state index in [0.29, 0.717) is 10.9 Å². The number of benzene rings is 2.